The van der Waals surface area contributed by atoms with Crippen molar-refractivity contribution < 1.29 is 14.3 Å². The summed E-state index contributed by atoms with van der Waals surface area (Å²) in [5.41, 5.74) is 0. The molecule has 0 aliphatic carbocycles. The SMILES string of the molecule is C=COC(=O)CC(C)=O. The number of ketones is 1. The van der Waals surface area contributed by atoms with Crippen LogP contribution in [-0.4, -0.2) is 11.8 Å². The average Bonchev–Trinajstić information content (AvgIpc) is 1.63. The van der Waals surface area contributed by atoms with Crippen LogP contribution in [0.1, 0.15) is 13.3 Å². The molecule has 50 valence electrons. The maximum absolute atomic E-state index is 10.3. The molecule has 0 aliphatic heterocycles. The largest absolute Gasteiger partial charge is 0.435 e. The molecule has 0 rings (SSSR count). The lowest BCUT2D eigenvalue weighted by Crippen LogP contribution is -2.04. The Bertz CT molecular complexity index is 137. The highest BCUT2D eigenvalue weighted by molar-refractivity contribution is 5.94. The first kappa shape index (κ1) is 7.88. The first-order chi connectivity index (χ1) is 4.16. The van der Waals surface area contributed by atoms with E-state index in [1.165, 1.54) is 6.92 Å². The highest BCUT2D eigenvalue weighted by atomic mass is 16.5. The van der Waals surface area contributed by atoms with Gasteiger partial charge in [-0.25, -0.2) is 0 Å². The van der Waals surface area contributed by atoms with Crippen LogP contribution in [0.15, 0.2) is 12.8 Å². The molecule has 0 saturated carbocycles. The molecule has 0 aromatic heterocycles. The summed E-state index contributed by atoms with van der Waals surface area (Å²) in [5.74, 6) is -0.764. The van der Waals surface area contributed by atoms with Crippen LogP contribution in [0.2, 0.25) is 0 Å². The third-order valence-electron chi connectivity index (χ3n) is 0.608. The quantitative estimate of drug-likeness (QED) is 0.318. The molecule has 0 unspecified atom stereocenters. The number of carbonyl (C=O) groups is 2. The Morgan fingerprint density at radius 1 is 1.67 bits per heavy atom. The summed E-state index contributed by atoms with van der Waals surface area (Å²) < 4.78 is 4.26. The number of esters is 1. The van der Waals surface area contributed by atoms with Gasteiger partial charge in [0.2, 0.25) is 0 Å². The fraction of sp³-hybridized carbons (Fsp3) is 0.333. The summed E-state index contributed by atoms with van der Waals surface area (Å²) in [6, 6.07) is 0. The minimum atomic E-state index is -0.558. The van der Waals surface area contributed by atoms with E-state index in [-0.39, 0.29) is 12.2 Å². The molecule has 0 atom stereocenters. The highest BCUT2D eigenvalue weighted by Gasteiger charge is 2.02. The van der Waals surface area contributed by atoms with Crippen molar-refractivity contribution in [1.29, 1.82) is 0 Å². The van der Waals surface area contributed by atoms with Gasteiger partial charge in [-0.15, -0.1) is 0 Å². The smallest absolute Gasteiger partial charge is 0.318 e. The third-order valence-corrected chi connectivity index (χ3v) is 0.608. The summed E-state index contributed by atoms with van der Waals surface area (Å²) in [4.78, 5) is 20.5. The van der Waals surface area contributed by atoms with Crippen molar-refractivity contribution in [1.82, 2.24) is 0 Å². The summed E-state index contributed by atoms with van der Waals surface area (Å²) >= 11 is 0. The second-order valence-electron chi connectivity index (χ2n) is 1.54. The van der Waals surface area contributed by atoms with E-state index in [2.05, 4.69) is 11.3 Å². The van der Waals surface area contributed by atoms with Crippen LogP contribution in [0.4, 0.5) is 0 Å². The van der Waals surface area contributed by atoms with Gasteiger partial charge >= 0.3 is 5.97 Å². The van der Waals surface area contributed by atoms with E-state index >= 15 is 0 Å². The van der Waals surface area contributed by atoms with E-state index in [1.807, 2.05) is 0 Å². The highest BCUT2D eigenvalue weighted by Crippen LogP contribution is 1.86. The average molecular weight is 128 g/mol. The predicted octanol–water partition coefficient (Wildman–Crippen LogP) is 0.652. The zero-order chi connectivity index (χ0) is 7.28. The van der Waals surface area contributed by atoms with Crippen molar-refractivity contribution in [2.45, 2.75) is 13.3 Å². The van der Waals surface area contributed by atoms with E-state index in [4.69, 9.17) is 0 Å². The van der Waals surface area contributed by atoms with Gasteiger partial charge in [-0.05, 0) is 6.92 Å². The molecule has 0 aliphatic rings. The fourth-order valence-electron chi connectivity index (χ4n) is 0.338. The van der Waals surface area contributed by atoms with Crippen LogP contribution < -0.4 is 0 Å². The van der Waals surface area contributed by atoms with Gasteiger partial charge in [0.15, 0.2) is 0 Å². The van der Waals surface area contributed by atoms with Gasteiger partial charge in [0.05, 0.1) is 6.26 Å². The van der Waals surface area contributed by atoms with Gasteiger partial charge < -0.3 is 4.74 Å². The molecular weight excluding hydrogens is 120 g/mol. The molecule has 0 spiro atoms. The first-order valence-electron chi connectivity index (χ1n) is 2.46. The van der Waals surface area contributed by atoms with Crippen molar-refractivity contribution in [2.24, 2.45) is 0 Å². The van der Waals surface area contributed by atoms with Crippen molar-refractivity contribution >= 4 is 11.8 Å². The maximum Gasteiger partial charge on any atom is 0.318 e. The van der Waals surface area contributed by atoms with E-state index in [1.54, 1.807) is 0 Å². The molecule has 0 N–H and O–H groups in total. The van der Waals surface area contributed by atoms with Gasteiger partial charge in [0, 0.05) is 0 Å². The Hall–Kier alpha value is -1.12. The third kappa shape index (κ3) is 4.74. The normalized spacial score (nSPS) is 8.11. The van der Waals surface area contributed by atoms with Crippen molar-refractivity contribution in [3.05, 3.63) is 12.8 Å². The first-order valence-corrected chi connectivity index (χ1v) is 2.46. The van der Waals surface area contributed by atoms with E-state index < -0.39 is 5.97 Å². The van der Waals surface area contributed by atoms with Crippen molar-refractivity contribution in [3.63, 3.8) is 0 Å². The van der Waals surface area contributed by atoms with Gasteiger partial charge in [0.1, 0.15) is 12.2 Å². The van der Waals surface area contributed by atoms with E-state index in [9.17, 15) is 9.59 Å². The predicted molar refractivity (Wildman–Crippen MR) is 31.6 cm³/mol. The van der Waals surface area contributed by atoms with Crippen LogP contribution in [-0.2, 0) is 14.3 Å². The monoisotopic (exact) mass is 128 g/mol. The Balaban J connectivity index is 3.50. The second kappa shape index (κ2) is 3.83. The lowest BCUT2D eigenvalue weighted by atomic mass is 10.3. The minimum absolute atomic E-state index is 0.175. The summed E-state index contributed by atoms with van der Waals surface area (Å²) in [7, 11) is 0. The Morgan fingerprint density at radius 2 is 2.22 bits per heavy atom. The van der Waals surface area contributed by atoms with Gasteiger partial charge in [-0.3, -0.25) is 9.59 Å². The Kier molecular flexibility index (Phi) is 3.35. The second-order valence-corrected chi connectivity index (χ2v) is 1.54. The molecule has 3 nitrogen and oxygen atoms in total. The zero-order valence-electron chi connectivity index (χ0n) is 5.22. The molecule has 0 saturated heterocycles. The maximum atomic E-state index is 10.3. The van der Waals surface area contributed by atoms with Crippen molar-refractivity contribution in [3.8, 4) is 0 Å². The molecule has 0 radical (unpaired) electrons. The number of hydrogen-bond acceptors (Lipinski definition) is 3. The lowest BCUT2D eigenvalue weighted by Gasteiger charge is -1.92. The molecule has 0 amide bonds. The molecule has 0 fully saturated rings. The van der Waals surface area contributed by atoms with Crippen LogP contribution >= 0.6 is 0 Å². The Morgan fingerprint density at radius 3 is 2.56 bits per heavy atom. The van der Waals surface area contributed by atoms with Crippen LogP contribution in [0.25, 0.3) is 0 Å². The van der Waals surface area contributed by atoms with Crippen LogP contribution in [0.5, 0.6) is 0 Å². The molecular formula is C6H8O3. The van der Waals surface area contributed by atoms with Crippen LogP contribution in [0.3, 0.4) is 0 Å². The molecule has 0 heterocycles. The van der Waals surface area contributed by atoms with Gasteiger partial charge in [-0.2, -0.15) is 0 Å². The molecule has 3 heteroatoms. The number of ether oxygens (including phenoxy) is 1. The number of carbonyl (C=O) groups excluding carboxylic acids is 2. The molecule has 0 aromatic carbocycles. The molecule has 0 aromatic rings. The number of Topliss-reactive ketones (excluding diaryl/α,β-unsaturated/α-hetero) is 1. The van der Waals surface area contributed by atoms with E-state index in [0.29, 0.717) is 0 Å². The lowest BCUT2D eigenvalue weighted by molar-refractivity contribution is -0.140. The summed E-state index contributed by atoms with van der Waals surface area (Å²) in [6.07, 6.45) is 0.831. The zero-order valence-corrected chi connectivity index (χ0v) is 5.22. The number of hydrogen-bond donors (Lipinski definition) is 0. The van der Waals surface area contributed by atoms with Gasteiger partial charge in [0.25, 0.3) is 0 Å². The standard InChI is InChI=1S/C6H8O3/c1-3-9-6(8)4-5(2)7/h3H,1,4H2,2H3. The van der Waals surface area contributed by atoms with E-state index in [0.717, 1.165) is 6.26 Å². The number of rotatable bonds is 3. The summed E-state index contributed by atoms with van der Waals surface area (Å²) in [5, 5.41) is 0. The topological polar surface area (TPSA) is 43.4 Å². The summed E-state index contributed by atoms with van der Waals surface area (Å²) in [6.45, 7) is 4.48. The fourth-order valence-corrected chi connectivity index (χ4v) is 0.338. The minimum Gasteiger partial charge on any atom is -0.435 e. The van der Waals surface area contributed by atoms with Crippen molar-refractivity contribution in [2.75, 3.05) is 0 Å². The molecule has 0 bridgehead atoms. The molecule has 9 heavy (non-hydrogen) atoms. The Labute approximate surface area is 53.3 Å². The van der Waals surface area contributed by atoms with Crippen LogP contribution in [0, 0.1) is 0 Å². The van der Waals surface area contributed by atoms with Gasteiger partial charge in [-0.1, -0.05) is 6.58 Å².